The van der Waals surface area contributed by atoms with E-state index in [9.17, 15) is 9.59 Å². The van der Waals surface area contributed by atoms with Crippen molar-refractivity contribution < 1.29 is 23.8 Å². The molecule has 8 heteroatoms. The van der Waals surface area contributed by atoms with Gasteiger partial charge in [0.25, 0.3) is 0 Å². The molecule has 0 aromatic heterocycles. The average Bonchev–Trinajstić information content (AvgIpc) is 2.92. The molecule has 1 aromatic carbocycles. The van der Waals surface area contributed by atoms with E-state index in [2.05, 4.69) is 5.32 Å². The molecule has 23 heavy (non-hydrogen) atoms. The van der Waals surface area contributed by atoms with Crippen LogP contribution in [0.25, 0.3) is 0 Å². The molecule has 8 nitrogen and oxygen atoms in total. The zero-order valence-electron chi connectivity index (χ0n) is 13.1. The topological polar surface area (TPSA) is 126 Å². The SMILES string of the molecule is COc1cc2c(cc1CC(C)NC(=O)C(N)CC(N)=O)OCO2. The van der Waals surface area contributed by atoms with Crippen LogP contribution < -0.4 is 31.0 Å². The third kappa shape index (κ3) is 4.26. The van der Waals surface area contributed by atoms with Crippen molar-refractivity contribution in [2.45, 2.75) is 31.8 Å². The molecule has 0 fully saturated rings. The summed E-state index contributed by atoms with van der Waals surface area (Å²) in [5.74, 6) is 0.890. The molecule has 2 amide bonds. The lowest BCUT2D eigenvalue weighted by Gasteiger charge is -2.18. The molecular formula is C15H21N3O5. The maximum absolute atomic E-state index is 11.9. The van der Waals surface area contributed by atoms with Crippen LogP contribution >= 0.6 is 0 Å². The fourth-order valence-corrected chi connectivity index (χ4v) is 2.36. The second-order valence-corrected chi connectivity index (χ2v) is 5.41. The first kappa shape index (κ1) is 16.9. The molecule has 0 bridgehead atoms. The van der Waals surface area contributed by atoms with Crippen molar-refractivity contribution >= 4 is 11.8 Å². The molecule has 1 aromatic rings. The number of fused-ring (bicyclic) bond motifs is 1. The molecule has 1 heterocycles. The summed E-state index contributed by atoms with van der Waals surface area (Å²) in [7, 11) is 1.56. The number of hydrogen-bond donors (Lipinski definition) is 3. The number of methoxy groups -OCH3 is 1. The molecule has 126 valence electrons. The van der Waals surface area contributed by atoms with Crippen LogP contribution in [0.2, 0.25) is 0 Å². The summed E-state index contributed by atoms with van der Waals surface area (Å²) in [6.45, 7) is 2.01. The van der Waals surface area contributed by atoms with E-state index >= 15 is 0 Å². The predicted octanol–water partition coefficient (Wildman–Crippen LogP) is -0.326. The minimum atomic E-state index is -0.950. The van der Waals surface area contributed by atoms with E-state index in [0.717, 1.165) is 5.56 Å². The number of hydrogen-bond acceptors (Lipinski definition) is 6. The third-order valence-corrected chi connectivity index (χ3v) is 3.45. The predicted molar refractivity (Wildman–Crippen MR) is 82.2 cm³/mol. The fraction of sp³-hybridized carbons (Fsp3) is 0.467. The van der Waals surface area contributed by atoms with Crippen LogP contribution in [0.3, 0.4) is 0 Å². The first-order valence-corrected chi connectivity index (χ1v) is 7.21. The van der Waals surface area contributed by atoms with Crippen molar-refractivity contribution in [3.63, 3.8) is 0 Å². The zero-order chi connectivity index (χ0) is 17.0. The number of primary amides is 1. The lowest BCUT2D eigenvalue weighted by molar-refractivity contribution is -0.126. The van der Waals surface area contributed by atoms with Gasteiger partial charge in [-0.25, -0.2) is 0 Å². The number of ether oxygens (including phenoxy) is 3. The molecule has 1 aliphatic rings. The maximum atomic E-state index is 11.9. The highest BCUT2D eigenvalue weighted by Gasteiger charge is 2.21. The van der Waals surface area contributed by atoms with Gasteiger partial charge in [-0.05, 0) is 19.4 Å². The number of rotatable bonds is 7. The molecule has 0 saturated carbocycles. The number of amides is 2. The second kappa shape index (κ2) is 7.19. The van der Waals surface area contributed by atoms with Crippen molar-refractivity contribution in [3.05, 3.63) is 17.7 Å². The molecule has 0 aliphatic carbocycles. The fourth-order valence-electron chi connectivity index (χ4n) is 2.36. The summed E-state index contributed by atoms with van der Waals surface area (Å²) in [6, 6.07) is 2.42. The van der Waals surface area contributed by atoms with E-state index in [-0.39, 0.29) is 19.3 Å². The Balaban J connectivity index is 2.01. The Bertz CT molecular complexity index is 605. The highest BCUT2D eigenvalue weighted by molar-refractivity contribution is 5.87. The van der Waals surface area contributed by atoms with Crippen LogP contribution in [0.1, 0.15) is 18.9 Å². The van der Waals surface area contributed by atoms with Crippen molar-refractivity contribution in [3.8, 4) is 17.2 Å². The van der Waals surface area contributed by atoms with Gasteiger partial charge in [0, 0.05) is 17.7 Å². The smallest absolute Gasteiger partial charge is 0.237 e. The molecule has 2 unspecified atom stereocenters. The van der Waals surface area contributed by atoms with Crippen LogP contribution in [0.5, 0.6) is 17.2 Å². The molecule has 0 radical (unpaired) electrons. The number of nitrogens with one attached hydrogen (secondary N) is 1. The van der Waals surface area contributed by atoms with Gasteiger partial charge < -0.3 is 31.0 Å². The molecule has 0 spiro atoms. The van der Waals surface area contributed by atoms with Gasteiger partial charge in [0.2, 0.25) is 18.6 Å². The normalized spacial score (nSPS) is 14.9. The standard InChI is InChI=1S/C15H21N3O5/c1-8(18-15(20)10(16)5-14(17)19)3-9-4-12-13(23-7-22-12)6-11(9)21-2/h4,6,8,10H,3,5,7,16H2,1-2H3,(H2,17,19)(H,18,20). The van der Waals surface area contributed by atoms with E-state index in [1.54, 1.807) is 13.2 Å². The summed E-state index contributed by atoms with van der Waals surface area (Å²) in [5.41, 5.74) is 11.5. The van der Waals surface area contributed by atoms with Crippen LogP contribution in [-0.4, -0.2) is 37.8 Å². The summed E-state index contributed by atoms with van der Waals surface area (Å²) in [6.07, 6.45) is 0.320. The van der Waals surface area contributed by atoms with Gasteiger partial charge in [-0.15, -0.1) is 0 Å². The molecule has 0 saturated heterocycles. The van der Waals surface area contributed by atoms with Gasteiger partial charge in [0.1, 0.15) is 5.75 Å². The Morgan fingerprint density at radius 1 is 1.35 bits per heavy atom. The Morgan fingerprint density at radius 3 is 2.61 bits per heavy atom. The lowest BCUT2D eigenvalue weighted by atomic mass is 10.0. The highest BCUT2D eigenvalue weighted by atomic mass is 16.7. The quantitative estimate of drug-likeness (QED) is 0.631. The molecule has 2 atom stereocenters. The lowest BCUT2D eigenvalue weighted by Crippen LogP contribution is -2.46. The van der Waals surface area contributed by atoms with Crippen molar-refractivity contribution in [2.75, 3.05) is 13.9 Å². The third-order valence-electron chi connectivity index (χ3n) is 3.45. The summed E-state index contributed by atoms with van der Waals surface area (Å²) < 4.78 is 16.0. The summed E-state index contributed by atoms with van der Waals surface area (Å²) in [4.78, 5) is 22.7. The van der Waals surface area contributed by atoms with Gasteiger partial charge >= 0.3 is 0 Å². The number of benzene rings is 1. The summed E-state index contributed by atoms with van der Waals surface area (Å²) >= 11 is 0. The Morgan fingerprint density at radius 2 is 2.00 bits per heavy atom. The maximum Gasteiger partial charge on any atom is 0.237 e. The highest BCUT2D eigenvalue weighted by Crippen LogP contribution is 2.38. The number of carbonyl (C=O) groups excluding carboxylic acids is 2. The minimum absolute atomic E-state index is 0.177. The number of nitrogens with two attached hydrogens (primary N) is 2. The van der Waals surface area contributed by atoms with E-state index in [4.69, 9.17) is 25.7 Å². The van der Waals surface area contributed by atoms with Crippen LogP contribution in [0, 0.1) is 0 Å². The molecule has 2 rings (SSSR count). The van der Waals surface area contributed by atoms with E-state index in [1.165, 1.54) is 0 Å². The summed E-state index contributed by atoms with van der Waals surface area (Å²) in [5, 5.41) is 2.75. The van der Waals surface area contributed by atoms with E-state index in [1.807, 2.05) is 13.0 Å². The van der Waals surface area contributed by atoms with Gasteiger partial charge in [0.15, 0.2) is 11.5 Å². The van der Waals surface area contributed by atoms with Crippen LogP contribution in [0.4, 0.5) is 0 Å². The van der Waals surface area contributed by atoms with Gasteiger partial charge in [-0.1, -0.05) is 0 Å². The Labute approximate surface area is 134 Å². The largest absolute Gasteiger partial charge is 0.496 e. The number of carbonyl (C=O) groups is 2. The minimum Gasteiger partial charge on any atom is -0.496 e. The monoisotopic (exact) mass is 323 g/mol. The van der Waals surface area contributed by atoms with E-state index < -0.39 is 17.9 Å². The average molecular weight is 323 g/mol. The first-order valence-electron chi connectivity index (χ1n) is 7.21. The second-order valence-electron chi connectivity index (χ2n) is 5.41. The zero-order valence-corrected chi connectivity index (χ0v) is 13.1. The Hall–Kier alpha value is -2.48. The molecule has 1 aliphatic heterocycles. The molecular weight excluding hydrogens is 302 g/mol. The molecule has 5 N–H and O–H groups in total. The van der Waals surface area contributed by atoms with Crippen LogP contribution in [0.15, 0.2) is 12.1 Å². The van der Waals surface area contributed by atoms with Gasteiger partial charge in [0.05, 0.1) is 19.6 Å². The van der Waals surface area contributed by atoms with Crippen molar-refractivity contribution in [2.24, 2.45) is 11.5 Å². The van der Waals surface area contributed by atoms with Crippen molar-refractivity contribution in [1.82, 2.24) is 5.32 Å². The first-order chi connectivity index (χ1) is 10.9. The Kier molecular flexibility index (Phi) is 5.28. The van der Waals surface area contributed by atoms with Crippen LogP contribution in [-0.2, 0) is 16.0 Å². The van der Waals surface area contributed by atoms with Crippen molar-refractivity contribution in [1.29, 1.82) is 0 Å². The van der Waals surface area contributed by atoms with E-state index in [0.29, 0.717) is 23.7 Å². The van der Waals surface area contributed by atoms with Gasteiger partial charge in [-0.2, -0.15) is 0 Å². The van der Waals surface area contributed by atoms with Gasteiger partial charge in [-0.3, -0.25) is 9.59 Å².